The van der Waals surface area contributed by atoms with Crippen LogP contribution in [0.1, 0.15) is 37.2 Å². The molecule has 0 aliphatic rings. The predicted molar refractivity (Wildman–Crippen MR) is 71.2 cm³/mol. The molecule has 0 aromatic carbocycles. The number of rotatable bonds is 7. The van der Waals surface area contributed by atoms with Gasteiger partial charge in [0.15, 0.2) is 0 Å². The van der Waals surface area contributed by atoms with Crippen molar-refractivity contribution in [2.24, 2.45) is 7.05 Å². The molecule has 0 aliphatic heterocycles. The van der Waals surface area contributed by atoms with Gasteiger partial charge in [-0.15, -0.1) is 0 Å². The molecule has 1 unspecified atom stereocenters. The highest BCUT2D eigenvalue weighted by Gasteiger charge is 2.13. The van der Waals surface area contributed by atoms with Gasteiger partial charge in [-0.05, 0) is 31.4 Å². The number of aromatic nitrogens is 4. The minimum Gasteiger partial charge on any atom is -0.347 e. The molecular formula is C13H21N5. The number of nitrogens with one attached hydrogen (secondary N) is 2. The Kier molecular flexibility index (Phi) is 4.52. The largest absolute Gasteiger partial charge is 0.347 e. The monoisotopic (exact) mass is 247 g/mol. The SMILES string of the molecule is CCCNC(CCc1cnn(C)c1)c1ncc[nH]1. The van der Waals surface area contributed by atoms with Gasteiger partial charge in [0.1, 0.15) is 5.82 Å². The molecule has 0 amide bonds. The summed E-state index contributed by atoms with van der Waals surface area (Å²) in [6.45, 7) is 3.19. The number of imidazole rings is 1. The van der Waals surface area contributed by atoms with Crippen molar-refractivity contribution in [2.75, 3.05) is 6.54 Å². The fourth-order valence-corrected chi connectivity index (χ4v) is 2.03. The molecular weight excluding hydrogens is 226 g/mol. The van der Waals surface area contributed by atoms with Gasteiger partial charge in [0.05, 0.1) is 12.2 Å². The van der Waals surface area contributed by atoms with Crippen LogP contribution >= 0.6 is 0 Å². The van der Waals surface area contributed by atoms with Crippen molar-refractivity contribution < 1.29 is 0 Å². The third-order valence-corrected chi connectivity index (χ3v) is 2.97. The van der Waals surface area contributed by atoms with E-state index in [2.05, 4.69) is 33.5 Å². The van der Waals surface area contributed by atoms with Gasteiger partial charge < -0.3 is 10.3 Å². The number of hydrogen-bond donors (Lipinski definition) is 2. The van der Waals surface area contributed by atoms with Gasteiger partial charge in [0, 0.05) is 25.6 Å². The molecule has 0 bridgehead atoms. The zero-order chi connectivity index (χ0) is 12.8. The highest BCUT2D eigenvalue weighted by molar-refractivity contribution is 5.05. The smallest absolute Gasteiger partial charge is 0.123 e. The first-order valence-electron chi connectivity index (χ1n) is 6.49. The van der Waals surface area contributed by atoms with Crippen molar-refractivity contribution in [3.05, 3.63) is 36.2 Å². The summed E-state index contributed by atoms with van der Waals surface area (Å²) < 4.78 is 1.84. The van der Waals surface area contributed by atoms with E-state index in [1.165, 1.54) is 5.56 Å². The molecule has 0 saturated heterocycles. The van der Waals surface area contributed by atoms with E-state index in [4.69, 9.17) is 0 Å². The summed E-state index contributed by atoms with van der Waals surface area (Å²) in [6.07, 6.45) is 10.8. The normalized spacial score (nSPS) is 12.8. The van der Waals surface area contributed by atoms with Crippen LogP contribution in [0.2, 0.25) is 0 Å². The maximum Gasteiger partial charge on any atom is 0.123 e. The average Bonchev–Trinajstić information content (AvgIpc) is 3.01. The molecule has 5 nitrogen and oxygen atoms in total. The molecule has 2 aromatic rings. The maximum atomic E-state index is 4.35. The lowest BCUT2D eigenvalue weighted by Crippen LogP contribution is -2.23. The van der Waals surface area contributed by atoms with E-state index in [1.54, 1.807) is 6.20 Å². The first kappa shape index (κ1) is 12.8. The first-order chi connectivity index (χ1) is 8.79. The van der Waals surface area contributed by atoms with Crippen LogP contribution in [-0.2, 0) is 13.5 Å². The average molecular weight is 247 g/mol. The zero-order valence-corrected chi connectivity index (χ0v) is 11.1. The Morgan fingerprint density at radius 2 is 2.39 bits per heavy atom. The second-order valence-corrected chi connectivity index (χ2v) is 4.54. The Bertz CT molecular complexity index is 446. The fraction of sp³-hybridized carbons (Fsp3) is 0.538. The second-order valence-electron chi connectivity index (χ2n) is 4.54. The Hall–Kier alpha value is -1.62. The van der Waals surface area contributed by atoms with Crippen molar-refractivity contribution >= 4 is 0 Å². The van der Waals surface area contributed by atoms with Crippen molar-refractivity contribution in [1.82, 2.24) is 25.1 Å². The molecule has 0 spiro atoms. The van der Waals surface area contributed by atoms with Crippen LogP contribution in [-0.4, -0.2) is 26.3 Å². The molecule has 0 fully saturated rings. The maximum absolute atomic E-state index is 4.35. The van der Waals surface area contributed by atoms with Gasteiger partial charge in [-0.1, -0.05) is 6.92 Å². The number of aryl methyl sites for hydroxylation is 2. The third-order valence-electron chi connectivity index (χ3n) is 2.97. The molecule has 5 heteroatoms. The minimum absolute atomic E-state index is 0.292. The number of H-pyrrole nitrogens is 1. The van der Waals surface area contributed by atoms with E-state index >= 15 is 0 Å². The lowest BCUT2D eigenvalue weighted by atomic mass is 10.1. The number of hydrogen-bond acceptors (Lipinski definition) is 3. The van der Waals surface area contributed by atoms with Crippen molar-refractivity contribution in [3.8, 4) is 0 Å². The van der Waals surface area contributed by atoms with E-state index < -0.39 is 0 Å². The third kappa shape index (κ3) is 3.43. The van der Waals surface area contributed by atoms with Gasteiger partial charge >= 0.3 is 0 Å². The Labute approximate surface area is 108 Å². The number of nitrogens with zero attached hydrogens (tertiary/aromatic N) is 3. The Morgan fingerprint density at radius 1 is 1.50 bits per heavy atom. The molecule has 0 aliphatic carbocycles. The van der Waals surface area contributed by atoms with Crippen LogP contribution in [0, 0.1) is 0 Å². The predicted octanol–water partition coefficient (Wildman–Crippen LogP) is 1.82. The summed E-state index contributed by atoms with van der Waals surface area (Å²) in [5, 5.41) is 7.72. The van der Waals surface area contributed by atoms with Gasteiger partial charge in [0.25, 0.3) is 0 Å². The van der Waals surface area contributed by atoms with Crippen LogP contribution in [0.3, 0.4) is 0 Å². The minimum atomic E-state index is 0.292. The molecule has 18 heavy (non-hydrogen) atoms. The molecule has 98 valence electrons. The van der Waals surface area contributed by atoms with Crippen molar-refractivity contribution in [3.63, 3.8) is 0 Å². The quantitative estimate of drug-likeness (QED) is 0.784. The lowest BCUT2D eigenvalue weighted by molar-refractivity contribution is 0.480. The summed E-state index contributed by atoms with van der Waals surface area (Å²) in [6, 6.07) is 0.292. The van der Waals surface area contributed by atoms with Gasteiger partial charge in [-0.25, -0.2) is 4.98 Å². The van der Waals surface area contributed by atoms with Crippen LogP contribution < -0.4 is 5.32 Å². The molecule has 2 rings (SSSR count). The van der Waals surface area contributed by atoms with E-state index in [0.717, 1.165) is 31.6 Å². The summed E-state index contributed by atoms with van der Waals surface area (Å²) in [4.78, 5) is 7.54. The Morgan fingerprint density at radius 3 is 3.00 bits per heavy atom. The van der Waals surface area contributed by atoms with Crippen LogP contribution in [0.15, 0.2) is 24.8 Å². The molecule has 2 aromatic heterocycles. The van der Waals surface area contributed by atoms with E-state index in [0.29, 0.717) is 6.04 Å². The van der Waals surface area contributed by atoms with Gasteiger partial charge in [-0.3, -0.25) is 4.68 Å². The van der Waals surface area contributed by atoms with Crippen molar-refractivity contribution in [1.29, 1.82) is 0 Å². The number of aromatic amines is 1. The highest BCUT2D eigenvalue weighted by Crippen LogP contribution is 2.15. The lowest BCUT2D eigenvalue weighted by Gasteiger charge is -2.15. The standard InChI is InChI=1S/C13H21N5/c1-3-6-14-12(13-15-7-8-16-13)5-4-11-9-17-18(2)10-11/h7-10,12,14H,3-6H2,1-2H3,(H,15,16). The van der Waals surface area contributed by atoms with Crippen LogP contribution in [0.25, 0.3) is 0 Å². The molecule has 1 atom stereocenters. The van der Waals surface area contributed by atoms with Crippen LogP contribution in [0.5, 0.6) is 0 Å². The molecule has 0 radical (unpaired) electrons. The summed E-state index contributed by atoms with van der Waals surface area (Å²) >= 11 is 0. The summed E-state index contributed by atoms with van der Waals surface area (Å²) in [5.41, 5.74) is 1.27. The van der Waals surface area contributed by atoms with E-state index in [-0.39, 0.29) is 0 Å². The summed E-state index contributed by atoms with van der Waals surface area (Å²) in [7, 11) is 1.95. The molecule has 2 N–H and O–H groups in total. The Balaban J connectivity index is 1.93. The topological polar surface area (TPSA) is 58.5 Å². The first-order valence-corrected chi connectivity index (χ1v) is 6.49. The molecule has 2 heterocycles. The van der Waals surface area contributed by atoms with E-state index in [9.17, 15) is 0 Å². The summed E-state index contributed by atoms with van der Waals surface area (Å²) in [5.74, 6) is 1.02. The van der Waals surface area contributed by atoms with Gasteiger partial charge in [0.2, 0.25) is 0 Å². The highest BCUT2D eigenvalue weighted by atomic mass is 15.2. The molecule has 0 saturated carbocycles. The fourth-order valence-electron chi connectivity index (χ4n) is 2.03. The van der Waals surface area contributed by atoms with Crippen LogP contribution in [0.4, 0.5) is 0 Å². The zero-order valence-electron chi connectivity index (χ0n) is 11.1. The second kappa shape index (κ2) is 6.35. The van der Waals surface area contributed by atoms with Gasteiger partial charge in [-0.2, -0.15) is 5.10 Å². The van der Waals surface area contributed by atoms with Crippen molar-refractivity contribution in [2.45, 2.75) is 32.2 Å². The van der Waals surface area contributed by atoms with E-state index in [1.807, 2.05) is 24.1 Å².